The van der Waals surface area contributed by atoms with Gasteiger partial charge < -0.3 is 14.2 Å². The maximum absolute atomic E-state index is 13.2. The lowest BCUT2D eigenvalue weighted by Crippen LogP contribution is -2.27. The second-order valence-electron chi connectivity index (χ2n) is 8.88. The third-order valence-electron chi connectivity index (χ3n) is 5.59. The van der Waals surface area contributed by atoms with Crippen molar-refractivity contribution in [3.8, 4) is 5.75 Å². The van der Waals surface area contributed by atoms with Crippen LogP contribution in [0, 0.1) is 5.41 Å². The number of halogens is 1. The molecule has 4 rings (SSSR count). The number of ketones is 1. The summed E-state index contributed by atoms with van der Waals surface area (Å²) in [6, 6.07) is 22.8. The van der Waals surface area contributed by atoms with Crippen molar-refractivity contribution in [3.63, 3.8) is 0 Å². The molecule has 5 nitrogen and oxygen atoms in total. The molecule has 0 saturated heterocycles. The van der Waals surface area contributed by atoms with Gasteiger partial charge in [0.15, 0.2) is 5.78 Å². The van der Waals surface area contributed by atoms with Gasteiger partial charge in [-0.3, -0.25) is 10.2 Å². The molecule has 166 valence electrons. The highest BCUT2D eigenvalue weighted by Crippen LogP contribution is 2.31. The SMILES string of the molecule is Br.CC(C)(C)c1cc(C(=O)Cn2c(=N)n(Cc3ccccc3)c3ccccc32)ccc1O. The highest BCUT2D eigenvalue weighted by Gasteiger charge is 2.21. The first kappa shape index (κ1) is 23.5. The number of phenolic OH excluding ortho intramolecular Hbond substituents is 1. The van der Waals surface area contributed by atoms with Gasteiger partial charge in [-0.05, 0) is 46.9 Å². The molecule has 1 aromatic heterocycles. The van der Waals surface area contributed by atoms with Crippen LogP contribution in [0.4, 0.5) is 0 Å². The Bertz CT molecular complexity index is 1310. The van der Waals surface area contributed by atoms with E-state index in [1.165, 1.54) is 0 Å². The van der Waals surface area contributed by atoms with Crippen LogP contribution in [0.15, 0.2) is 72.8 Å². The molecule has 0 spiro atoms. The number of Topliss-reactive ketones (excluding diaryl/α,β-unsaturated/α-hetero) is 1. The quantitative estimate of drug-likeness (QED) is 0.363. The highest BCUT2D eigenvalue weighted by atomic mass is 79.9. The third-order valence-corrected chi connectivity index (χ3v) is 5.59. The number of carbonyl (C=O) groups is 1. The van der Waals surface area contributed by atoms with Gasteiger partial charge in [0.2, 0.25) is 5.62 Å². The zero-order valence-electron chi connectivity index (χ0n) is 18.5. The van der Waals surface area contributed by atoms with Crippen molar-refractivity contribution >= 4 is 33.8 Å². The van der Waals surface area contributed by atoms with E-state index < -0.39 is 0 Å². The Labute approximate surface area is 198 Å². The summed E-state index contributed by atoms with van der Waals surface area (Å²) in [5, 5.41) is 19.0. The molecule has 0 aliphatic heterocycles. The van der Waals surface area contributed by atoms with Gasteiger partial charge in [0.05, 0.1) is 24.1 Å². The summed E-state index contributed by atoms with van der Waals surface area (Å²) in [6.07, 6.45) is 0. The summed E-state index contributed by atoms with van der Waals surface area (Å²) in [4.78, 5) is 13.2. The Hall–Kier alpha value is -3.12. The van der Waals surface area contributed by atoms with Gasteiger partial charge in [0.25, 0.3) is 0 Å². The molecule has 3 aromatic carbocycles. The number of hydrogen-bond donors (Lipinski definition) is 2. The minimum Gasteiger partial charge on any atom is -0.508 e. The number of para-hydroxylation sites is 2. The van der Waals surface area contributed by atoms with Crippen LogP contribution in [0.1, 0.15) is 42.3 Å². The average molecular weight is 494 g/mol. The van der Waals surface area contributed by atoms with Gasteiger partial charge >= 0.3 is 0 Å². The minimum absolute atomic E-state index is 0. The highest BCUT2D eigenvalue weighted by molar-refractivity contribution is 8.93. The molecular formula is C26H28BrN3O2. The molecule has 4 aromatic rings. The monoisotopic (exact) mass is 493 g/mol. The first-order valence-electron chi connectivity index (χ1n) is 10.4. The van der Waals surface area contributed by atoms with Crippen molar-refractivity contribution in [2.24, 2.45) is 0 Å². The first-order valence-corrected chi connectivity index (χ1v) is 10.4. The summed E-state index contributed by atoms with van der Waals surface area (Å²) in [7, 11) is 0. The van der Waals surface area contributed by atoms with Crippen LogP contribution >= 0.6 is 17.0 Å². The van der Waals surface area contributed by atoms with E-state index in [2.05, 4.69) is 0 Å². The average Bonchev–Trinajstić information content (AvgIpc) is 3.00. The number of hydrogen-bond acceptors (Lipinski definition) is 3. The Morgan fingerprint density at radius 2 is 1.50 bits per heavy atom. The van der Waals surface area contributed by atoms with Crippen molar-refractivity contribution in [2.45, 2.75) is 39.3 Å². The molecule has 0 atom stereocenters. The number of phenols is 1. The Morgan fingerprint density at radius 3 is 2.12 bits per heavy atom. The summed E-state index contributed by atoms with van der Waals surface area (Å²) >= 11 is 0. The Kier molecular flexibility index (Phi) is 6.74. The Balaban J connectivity index is 0.00000289. The lowest BCUT2D eigenvalue weighted by atomic mass is 9.85. The van der Waals surface area contributed by atoms with Crippen molar-refractivity contribution in [1.29, 1.82) is 5.41 Å². The molecule has 6 heteroatoms. The maximum Gasteiger partial charge on any atom is 0.203 e. The number of fused-ring (bicyclic) bond motifs is 1. The molecule has 32 heavy (non-hydrogen) atoms. The van der Waals surface area contributed by atoms with E-state index in [-0.39, 0.29) is 46.1 Å². The second-order valence-corrected chi connectivity index (χ2v) is 8.88. The van der Waals surface area contributed by atoms with Crippen LogP contribution in [-0.4, -0.2) is 20.0 Å². The molecule has 0 radical (unpaired) electrons. The van der Waals surface area contributed by atoms with Gasteiger partial charge in [0, 0.05) is 5.56 Å². The number of nitrogens with zero attached hydrogens (tertiary/aromatic N) is 2. The molecule has 0 amide bonds. The van der Waals surface area contributed by atoms with Crippen LogP contribution in [0.25, 0.3) is 11.0 Å². The first-order chi connectivity index (χ1) is 14.8. The van der Waals surface area contributed by atoms with E-state index in [1.54, 1.807) is 22.8 Å². The maximum atomic E-state index is 13.2. The van der Waals surface area contributed by atoms with Crippen molar-refractivity contribution in [3.05, 3.63) is 95.1 Å². The minimum atomic E-state index is -0.278. The molecule has 0 saturated carbocycles. The fourth-order valence-corrected chi connectivity index (χ4v) is 3.93. The summed E-state index contributed by atoms with van der Waals surface area (Å²) in [5.74, 6) is 0.101. The number of nitrogens with one attached hydrogen (secondary N) is 1. The molecule has 2 N–H and O–H groups in total. The van der Waals surface area contributed by atoms with Crippen molar-refractivity contribution < 1.29 is 9.90 Å². The molecule has 1 heterocycles. The second kappa shape index (κ2) is 9.17. The van der Waals surface area contributed by atoms with E-state index in [9.17, 15) is 9.90 Å². The number of carbonyl (C=O) groups excluding carboxylic acids is 1. The lowest BCUT2D eigenvalue weighted by molar-refractivity contribution is 0.0971. The van der Waals surface area contributed by atoms with Crippen molar-refractivity contribution in [1.82, 2.24) is 9.13 Å². The number of aromatic hydroxyl groups is 1. The fraction of sp³-hybridized carbons (Fsp3) is 0.231. The smallest absolute Gasteiger partial charge is 0.203 e. The standard InChI is InChI=1S/C26H27N3O2.BrH/c1-26(2,3)20-15-19(13-14-23(20)30)24(31)17-29-22-12-8-7-11-21(22)28(25(29)27)16-18-9-5-4-6-10-18;/h4-15,27,30H,16-17H2,1-3H3;1H. The molecule has 0 aliphatic carbocycles. The summed E-state index contributed by atoms with van der Waals surface area (Å²) < 4.78 is 3.68. The zero-order chi connectivity index (χ0) is 22.2. The van der Waals surface area contributed by atoms with Crippen molar-refractivity contribution in [2.75, 3.05) is 0 Å². The molecule has 0 bridgehead atoms. The van der Waals surface area contributed by atoms with Crippen LogP contribution < -0.4 is 5.62 Å². The van der Waals surface area contributed by atoms with Crippen LogP contribution in [0.2, 0.25) is 0 Å². The van der Waals surface area contributed by atoms with E-state index in [4.69, 9.17) is 5.41 Å². The number of aromatic nitrogens is 2. The van der Waals surface area contributed by atoms with Crippen LogP contribution in [0.5, 0.6) is 5.75 Å². The normalized spacial score (nSPS) is 11.3. The summed E-state index contributed by atoms with van der Waals surface area (Å²) in [6.45, 7) is 6.64. The van der Waals surface area contributed by atoms with Gasteiger partial charge in [-0.15, -0.1) is 17.0 Å². The van der Waals surface area contributed by atoms with Crippen LogP contribution in [-0.2, 0) is 18.5 Å². The van der Waals surface area contributed by atoms with Gasteiger partial charge in [0.1, 0.15) is 5.75 Å². The Morgan fingerprint density at radius 1 is 0.906 bits per heavy atom. The van der Waals surface area contributed by atoms with E-state index in [1.807, 2.05) is 79.9 Å². The molecule has 0 fully saturated rings. The van der Waals surface area contributed by atoms with E-state index in [0.717, 1.165) is 22.2 Å². The number of rotatable bonds is 5. The molecule has 0 aliphatic rings. The number of benzene rings is 3. The topological polar surface area (TPSA) is 71.0 Å². The molecular weight excluding hydrogens is 466 g/mol. The van der Waals surface area contributed by atoms with Gasteiger partial charge in [-0.2, -0.15) is 0 Å². The lowest BCUT2D eigenvalue weighted by Gasteiger charge is -2.21. The zero-order valence-corrected chi connectivity index (χ0v) is 20.2. The van der Waals surface area contributed by atoms with Gasteiger partial charge in [-0.1, -0.05) is 63.2 Å². The predicted molar refractivity (Wildman–Crippen MR) is 133 cm³/mol. The summed E-state index contributed by atoms with van der Waals surface area (Å²) in [5.41, 5.74) is 4.16. The fourth-order valence-electron chi connectivity index (χ4n) is 3.93. The largest absolute Gasteiger partial charge is 0.508 e. The van der Waals surface area contributed by atoms with E-state index in [0.29, 0.717) is 12.1 Å². The predicted octanol–water partition coefficient (Wildman–Crippen LogP) is 5.43. The molecule has 0 unspecified atom stereocenters. The number of imidazole rings is 1. The van der Waals surface area contributed by atoms with Crippen LogP contribution in [0.3, 0.4) is 0 Å². The van der Waals surface area contributed by atoms with E-state index >= 15 is 0 Å². The van der Waals surface area contributed by atoms with Gasteiger partial charge in [-0.25, -0.2) is 0 Å². The third kappa shape index (κ3) is 4.55.